The summed E-state index contributed by atoms with van der Waals surface area (Å²) in [5, 5.41) is 24.7. The molecule has 5 heteroatoms. The molecular formula is C9H12O5. The van der Waals surface area contributed by atoms with Crippen molar-refractivity contribution in [3.05, 3.63) is 24.3 Å². The van der Waals surface area contributed by atoms with Crippen LogP contribution in [0.4, 0.5) is 0 Å². The summed E-state index contributed by atoms with van der Waals surface area (Å²) in [5.41, 5.74) is 0. The lowest BCUT2D eigenvalue weighted by Crippen LogP contribution is -1.78. The molecule has 0 aliphatic heterocycles. The molecule has 0 saturated heterocycles. The van der Waals surface area contributed by atoms with Crippen LogP contribution in [0.15, 0.2) is 24.3 Å². The topological polar surface area (TPSA) is 94.8 Å². The molecule has 0 fully saturated rings. The van der Waals surface area contributed by atoms with Gasteiger partial charge in [-0.25, -0.2) is 0 Å². The van der Waals surface area contributed by atoms with E-state index in [2.05, 4.69) is 0 Å². The summed E-state index contributed by atoms with van der Waals surface area (Å²) in [6, 6.07) is 5.85. The SMILES string of the molecule is C=O.CC(=O)O.Oc1cccc(O)c1. The summed E-state index contributed by atoms with van der Waals surface area (Å²) in [7, 11) is 0. The van der Waals surface area contributed by atoms with Gasteiger partial charge < -0.3 is 20.1 Å². The van der Waals surface area contributed by atoms with Crippen molar-refractivity contribution in [2.75, 3.05) is 0 Å². The summed E-state index contributed by atoms with van der Waals surface area (Å²) >= 11 is 0. The van der Waals surface area contributed by atoms with Crippen molar-refractivity contribution in [3.63, 3.8) is 0 Å². The largest absolute Gasteiger partial charge is 0.508 e. The molecule has 1 aromatic rings. The van der Waals surface area contributed by atoms with Gasteiger partial charge >= 0.3 is 0 Å². The Labute approximate surface area is 81.2 Å². The van der Waals surface area contributed by atoms with Crippen LogP contribution in [0.25, 0.3) is 0 Å². The first-order valence-electron chi connectivity index (χ1n) is 3.48. The highest BCUT2D eigenvalue weighted by molar-refractivity contribution is 5.62. The normalized spacial score (nSPS) is 7.21. The van der Waals surface area contributed by atoms with Crippen LogP contribution in [-0.4, -0.2) is 28.1 Å². The number of phenols is 2. The lowest BCUT2D eigenvalue weighted by molar-refractivity contribution is -0.134. The minimum atomic E-state index is -0.833. The van der Waals surface area contributed by atoms with Gasteiger partial charge in [0.15, 0.2) is 0 Å². The van der Waals surface area contributed by atoms with Crippen molar-refractivity contribution < 1.29 is 24.9 Å². The summed E-state index contributed by atoms with van der Waals surface area (Å²) in [4.78, 5) is 17.0. The smallest absolute Gasteiger partial charge is 0.300 e. The molecule has 0 aliphatic rings. The van der Waals surface area contributed by atoms with Gasteiger partial charge in [-0.3, -0.25) is 4.79 Å². The Hall–Kier alpha value is -2.04. The molecule has 0 bridgehead atoms. The number of hydrogen-bond donors (Lipinski definition) is 3. The van der Waals surface area contributed by atoms with Gasteiger partial charge in [-0.1, -0.05) is 6.07 Å². The average Bonchev–Trinajstić information content (AvgIpc) is 2.06. The molecule has 0 atom stereocenters. The summed E-state index contributed by atoms with van der Waals surface area (Å²) < 4.78 is 0. The average molecular weight is 200 g/mol. The van der Waals surface area contributed by atoms with E-state index in [4.69, 9.17) is 24.9 Å². The fraction of sp³-hybridized carbons (Fsp3) is 0.111. The first kappa shape index (κ1) is 14.5. The molecule has 14 heavy (non-hydrogen) atoms. The van der Waals surface area contributed by atoms with Gasteiger partial charge in [-0.2, -0.15) is 0 Å². The van der Waals surface area contributed by atoms with Gasteiger partial charge in [-0.05, 0) is 12.1 Å². The van der Waals surface area contributed by atoms with Gasteiger partial charge in [0.25, 0.3) is 5.97 Å². The van der Waals surface area contributed by atoms with Crippen LogP contribution in [-0.2, 0) is 9.59 Å². The first-order valence-corrected chi connectivity index (χ1v) is 3.48. The van der Waals surface area contributed by atoms with E-state index in [1.807, 2.05) is 6.79 Å². The van der Waals surface area contributed by atoms with Crippen LogP contribution in [0.1, 0.15) is 6.92 Å². The first-order chi connectivity index (χ1) is 6.52. The van der Waals surface area contributed by atoms with Crippen molar-refractivity contribution in [2.45, 2.75) is 6.92 Å². The minimum absolute atomic E-state index is 0.0880. The summed E-state index contributed by atoms with van der Waals surface area (Å²) in [5.74, 6) is -0.657. The molecule has 0 aliphatic carbocycles. The van der Waals surface area contributed by atoms with Crippen LogP contribution in [0.5, 0.6) is 11.5 Å². The third-order valence-electron chi connectivity index (χ3n) is 0.830. The lowest BCUT2D eigenvalue weighted by atomic mass is 10.3. The zero-order valence-electron chi connectivity index (χ0n) is 7.67. The molecule has 0 amide bonds. The molecule has 1 rings (SSSR count). The van der Waals surface area contributed by atoms with Gasteiger partial charge in [0.05, 0.1) is 0 Å². The van der Waals surface area contributed by atoms with Crippen LogP contribution < -0.4 is 0 Å². The fourth-order valence-corrected chi connectivity index (χ4v) is 0.493. The van der Waals surface area contributed by atoms with Crippen molar-refractivity contribution in [2.24, 2.45) is 0 Å². The molecule has 78 valence electrons. The standard InChI is InChI=1S/C6H6O2.C2H4O2.CH2O/c7-5-2-1-3-6(8)4-5;1-2(3)4;1-2/h1-4,7-8H;1H3,(H,3,4);1H2. The Bertz CT molecular complexity index is 250. The third kappa shape index (κ3) is 12.6. The summed E-state index contributed by atoms with van der Waals surface area (Å²) in [6.45, 7) is 3.08. The Morgan fingerprint density at radius 2 is 1.50 bits per heavy atom. The highest BCUT2D eigenvalue weighted by atomic mass is 16.4. The number of rotatable bonds is 0. The number of benzene rings is 1. The Morgan fingerprint density at radius 1 is 1.21 bits per heavy atom. The van der Waals surface area contributed by atoms with Crippen LogP contribution in [0.3, 0.4) is 0 Å². The van der Waals surface area contributed by atoms with Crippen molar-refractivity contribution in [1.82, 2.24) is 0 Å². The Balaban J connectivity index is 0. The second kappa shape index (κ2) is 9.05. The molecule has 1 aromatic carbocycles. The molecular weight excluding hydrogens is 188 g/mol. The Morgan fingerprint density at radius 3 is 1.64 bits per heavy atom. The minimum Gasteiger partial charge on any atom is -0.508 e. The fourth-order valence-electron chi connectivity index (χ4n) is 0.493. The number of aliphatic carboxylic acids is 1. The maximum Gasteiger partial charge on any atom is 0.300 e. The van der Waals surface area contributed by atoms with E-state index >= 15 is 0 Å². The van der Waals surface area contributed by atoms with E-state index in [1.54, 1.807) is 6.07 Å². The molecule has 5 nitrogen and oxygen atoms in total. The molecule has 0 saturated carbocycles. The maximum absolute atomic E-state index is 9.00. The number of carboxylic acids is 1. The highest BCUT2D eigenvalue weighted by Gasteiger charge is 1.85. The van der Waals surface area contributed by atoms with Gasteiger partial charge in [0.1, 0.15) is 18.3 Å². The quantitative estimate of drug-likeness (QED) is 0.580. The summed E-state index contributed by atoms with van der Waals surface area (Å²) in [6.07, 6.45) is 0. The van der Waals surface area contributed by atoms with Gasteiger partial charge in [0.2, 0.25) is 0 Å². The third-order valence-corrected chi connectivity index (χ3v) is 0.830. The second-order valence-corrected chi connectivity index (χ2v) is 2.04. The number of aromatic hydroxyl groups is 2. The molecule has 0 heterocycles. The van der Waals surface area contributed by atoms with Crippen LogP contribution >= 0.6 is 0 Å². The number of phenolic OH excluding ortho intramolecular Hbond substituents is 2. The van der Waals surface area contributed by atoms with Crippen LogP contribution in [0, 0.1) is 0 Å². The monoisotopic (exact) mass is 200 g/mol. The van der Waals surface area contributed by atoms with E-state index < -0.39 is 5.97 Å². The van der Waals surface area contributed by atoms with E-state index in [0.717, 1.165) is 6.92 Å². The van der Waals surface area contributed by atoms with Crippen LogP contribution in [0.2, 0.25) is 0 Å². The molecule has 0 unspecified atom stereocenters. The lowest BCUT2D eigenvalue weighted by Gasteiger charge is -1.89. The van der Waals surface area contributed by atoms with E-state index in [1.165, 1.54) is 18.2 Å². The number of carbonyl (C=O) groups is 2. The van der Waals surface area contributed by atoms with E-state index in [-0.39, 0.29) is 11.5 Å². The molecule has 0 spiro atoms. The number of carbonyl (C=O) groups excluding carboxylic acids is 1. The van der Waals surface area contributed by atoms with Crippen molar-refractivity contribution >= 4 is 12.8 Å². The van der Waals surface area contributed by atoms with E-state index in [0.29, 0.717) is 0 Å². The molecule has 0 radical (unpaired) electrons. The number of hydrogen-bond acceptors (Lipinski definition) is 4. The predicted octanol–water partition coefficient (Wildman–Crippen LogP) is 1.00. The van der Waals surface area contributed by atoms with Crippen molar-refractivity contribution in [1.29, 1.82) is 0 Å². The molecule has 3 N–H and O–H groups in total. The number of carboxylic acid groups (broad SMARTS) is 1. The highest BCUT2D eigenvalue weighted by Crippen LogP contribution is 2.14. The maximum atomic E-state index is 9.00. The Kier molecular flexibility index (Phi) is 9.36. The predicted molar refractivity (Wildman–Crippen MR) is 50.2 cm³/mol. The van der Waals surface area contributed by atoms with Gasteiger partial charge in [-0.15, -0.1) is 0 Å². The van der Waals surface area contributed by atoms with Gasteiger partial charge in [0, 0.05) is 13.0 Å². The van der Waals surface area contributed by atoms with E-state index in [9.17, 15) is 0 Å². The zero-order chi connectivity index (χ0) is 11.6. The zero-order valence-corrected chi connectivity index (χ0v) is 7.67. The van der Waals surface area contributed by atoms with Crippen molar-refractivity contribution in [3.8, 4) is 11.5 Å². The second-order valence-electron chi connectivity index (χ2n) is 2.04. The molecule has 0 aromatic heterocycles.